The number of alkyl halides is 2. The Morgan fingerprint density at radius 1 is 1.50 bits per heavy atom. The van der Waals surface area contributed by atoms with Gasteiger partial charge in [-0.1, -0.05) is 22.0 Å². The van der Waals surface area contributed by atoms with Gasteiger partial charge < -0.3 is 5.32 Å². The van der Waals surface area contributed by atoms with E-state index in [1.165, 1.54) is 18.2 Å². The number of hydrogen-bond acceptors (Lipinski definition) is 2. The van der Waals surface area contributed by atoms with Gasteiger partial charge in [-0.05, 0) is 17.9 Å². The highest BCUT2D eigenvalue weighted by Crippen LogP contribution is 2.29. The Hall–Kier alpha value is -0.620. The van der Waals surface area contributed by atoms with Gasteiger partial charge in [0.2, 0.25) is 5.91 Å². The van der Waals surface area contributed by atoms with E-state index in [2.05, 4.69) is 33.9 Å². The molecule has 0 radical (unpaired) electrons. The molecular formula is C10H10BrF2NOS. The van der Waals surface area contributed by atoms with Crippen molar-refractivity contribution >= 4 is 40.2 Å². The molecule has 0 saturated carbocycles. The number of anilines is 1. The lowest BCUT2D eigenvalue weighted by Gasteiger charge is -2.10. The highest BCUT2D eigenvalue weighted by atomic mass is 79.9. The van der Waals surface area contributed by atoms with E-state index in [-0.39, 0.29) is 23.6 Å². The Bertz CT molecular complexity index is 387. The van der Waals surface area contributed by atoms with Crippen molar-refractivity contribution in [3.63, 3.8) is 0 Å². The number of amides is 1. The van der Waals surface area contributed by atoms with Crippen molar-refractivity contribution in [1.29, 1.82) is 0 Å². The third-order valence-corrected chi connectivity index (χ3v) is 2.58. The number of halogens is 3. The first kappa shape index (κ1) is 13.4. The first-order valence-electron chi connectivity index (χ1n) is 4.53. The van der Waals surface area contributed by atoms with Gasteiger partial charge in [0.1, 0.15) is 0 Å². The van der Waals surface area contributed by atoms with Gasteiger partial charge in [0.15, 0.2) is 0 Å². The zero-order chi connectivity index (χ0) is 12.1. The monoisotopic (exact) mass is 309 g/mol. The second kappa shape index (κ2) is 6.20. The molecule has 1 rings (SSSR count). The molecule has 0 atom stereocenters. The summed E-state index contributed by atoms with van der Waals surface area (Å²) in [6, 6.07) is 4.25. The van der Waals surface area contributed by atoms with Gasteiger partial charge in [-0.3, -0.25) is 4.79 Å². The van der Waals surface area contributed by atoms with Gasteiger partial charge in [-0.15, -0.1) is 0 Å². The predicted octanol–water partition coefficient (Wildman–Crippen LogP) is 3.65. The average Bonchev–Trinajstić information content (AvgIpc) is 2.17. The molecule has 0 aliphatic rings. The fourth-order valence-electron chi connectivity index (χ4n) is 1.14. The summed E-state index contributed by atoms with van der Waals surface area (Å²) in [7, 11) is 0. The van der Waals surface area contributed by atoms with Gasteiger partial charge in [0.25, 0.3) is 6.43 Å². The number of carbonyl (C=O) groups excluding carboxylic acids is 1. The van der Waals surface area contributed by atoms with E-state index < -0.39 is 6.43 Å². The molecule has 88 valence electrons. The maximum Gasteiger partial charge on any atom is 0.265 e. The van der Waals surface area contributed by atoms with Gasteiger partial charge in [-0.25, -0.2) is 8.78 Å². The highest BCUT2D eigenvalue weighted by Gasteiger charge is 2.14. The van der Waals surface area contributed by atoms with Crippen LogP contribution in [0.5, 0.6) is 0 Å². The quantitative estimate of drug-likeness (QED) is 0.817. The average molecular weight is 310 g/mol. The molecule has 2 nitrogen and oxygen atoms in total. The fraction of sp³-hybridized carbons (Fsp3) is 0.300. The van der Waals surface area contributed by atoms with Crippen LogP contribution in [0.15, 0.2) is 22.7 Å². The van der Waals surface area contributed by atoms with E-state index in [9.17, 15) is 13.6 Å². The van der Waals surface area contributed by atoms with E-state index in [0.29, 0.717) is 10.2 Å². The molecule has 0 saturated heterocycles. The third kappa shape index (κ3) is 3.75. The molecule has 1 N–H and O–H groups in total. The van der Waals surface area contributed by atoms with Gasteiger partial charge in [-0.2, -0.15) is 12.6 Å². The van der Waals surface area contributed by atoms with Crippen molar-refractivity contribution in [1.82, 2.24) is 0 Å². The lowest BCUT2D eigenvalue weighted by Crippen LogP contribution is -2.13. The van der Waals surface area contributed by atoms with Crippen molar-refractivity contribution in [2.45, 2.75) is 12.8 Å². The first-order chi connectivity index (χ1) is 7.54. The molecule has 0 heterocycles. The van der Waals surface area contributed by atoms with Gasteiger partial charge in [0, 0.05) is 16.5 Å². The summed E-state index contributed by atoms with van der Waals surface area (Å²) >= 11 is 7.06. The molecular weight excluding hydrogens is 300 g/mol. The topological polar surface area (TPSA) is 29.1 Å². The van der Waals surface area contributed by atoms with Crippen molar-refractivity contribution in [2.75, 3.05) is 11.1 Å². The predicted molar refractivity (Wildman–Crippen MR) is 66.2 cm³/mol. The summed E-state index contributed by atoms with van der Waals surface area (Å²) in [5.74, 6) is 0.0547. The van der Waals surface area contributed by atoms with Crippen molar-refractivity contribution in [2.24, 2.45) is 0 Å². The molecule has 1 aromatic carbocycles. The maximum atomic E-state index is 12.6. The summed E-state index contributed by atoms with van der Waals surface area (Å²) < 4.78 is 25.9. The summed E-state index contributed by atoms with van der Waals surface area (Å²) in [5.41, 5.74) is -0.0492. The fourth-order valence-corrected chi connectivity index (χ4v) is 1.71. The van der Waals surface area contributed by atoms with Gasteiger partial charge >= 0.3 is 0 Å². The third-order valence-electron chi connectivity index (χ3n) is 1.86. The van der Waals surface area contributed by atoms with E-state index >= 15 is 0 Å². The van der Waals surface area contributed by atoms with E-state index in [1.54, 1.807) is 0 Å². The normalized spacial score (nSPS) is 10.6. The van der Waals surface area contributed by atoms with Crippen LogP contribution < -0.4 is 5.32 Å². The Labute approximate surface area is 106 Å². The standard InChI is InChI=1S/C10H10BrF2NOS/c11-6-1-2-7(10(12)13)8(5-6)14-9(15)3-4-16/h1-2,5,10,16H,3-4H2,(H,14,15). The van der Waals surface area contributed by atoms with Crippen LogP contribution in [0.25, 0.3) is 0 Å². The molecule has 0 aromatic heterocycles. The number of thiol groups is 1. The van der Waals surface area contributed by atoms with Crippen LogP contribution in [0.3, 0.4) is 0 Å². The Kier molecular flexibility index (Phi) is 5.21. The summed E-state index contributed by atoms with van der Waals surface area (Å²) in [6.45, 7) is 0. The Balaban J connectivity index is 2.92. The number of benzene rings is 1. The molecule has 1 amide bonds. The Morgan fingerprint density at radius 2 is 2.19 bits per heavy atom. The van der Waals surface area contributed by atoms with Crippen molar-refractivity contribution in [3.05, 3.63) is 28.2 Å². The van der Waals surface area contributed by atoms with E-state index in [4.69, 9.17) is 0 Å². The molecule has 0 spiro atoms. The second-order valence-corrected chi connectivity index (χ2v) is 4.42. The summed E-state index contributed by atoms with van der Waals surface area (Å²) in [4.78, 5) is 11.3. The van der Waals surface area contributed by atoms with E-state index in [1.807, 2.05) is 0 Å². The number of hydrogen-bond donors (Lipinski definition) is 2. The molecule has 16 heavy (non-hydrogen) atoms. The molecule has 1 aromatic rings. The highest BCUT2D eigenvalue weighted by molar-refractivity contribution is 9.10. The molecule has 0 aliphatic carbocycles. The molecule has 0 bridgehead atoms. The van der Waals surface area contributed by atoms with Crippen LogP contribution in [0, 0.1) is 0 Å². The zero-order valence-corrected chi connectivity index (χ0v) is 10.7. The summed E-state index contributed by atoms with van der Waals surface area (Å²) in [6.07, 6.45) is -2.42. The molecule has 0 fully saturated rings. The SMILES string of the molecule is O=C(CCS)Nc1cc(Br)ccc1C(F)F. The second-order valence-electron chi connectivity index (χ2n) is 3.05. The van der Waals surface area contributed by atoms with E-state index in [0.717, 1.165) is 0 Å². The van der Waals surface area contributed by atoms with Crippen LogP contribution in [-0.2, 0) is 4.79 Å². The van der Waals surface area contributed by atoms with Crippen molar-refractivity contribution < 1.29 is 13.6 Å². The molecule has 0 aliphatic heterocycles. The minimum absolute atomic E-state index is 0.135. The maximum absolute atomic E-state index is 12.6. The largest absolute Gasteiger partial charge is 0.326 e. The van der Waals surface area contributed by atoms with Crippen LogP contribution >= 0.6 is 28.6 Å². The van der Waals surface area contributed by atoms with Crippen molar-refractivity contribution in [3.8, 4) is 0 Å². The lowest BCUT2D eigenvalue weighted by atomic mass is 10.2. The molecule has 0 unspecified atom stereocenters. The Morgan fingerprint density at radius 3 is 2.75 bits per heavy atom. The zero-order valence-electron chi connectivity index (χ0n) is 8.21. The number of rotatable bonds is 4. The number of carbonyl (C=O) groups is 1. The minimum atomic E-state index is -2.61. The summed E-state index contributed by atoms with van der Waals surface area (Å²) in [5, 5.41) is 2.44. The smallest absolute Gasteiger partial charge is 0.265 e. The first-order valence-corrected chi connectivity index (χ1v) is 5.95. The van der Waals surface area contributed by atoms with Crippen LogP contribution in [-0.4, -0.2) is 11.7 Å². The van der Waals surface area contributed by atoms with Crippen LogP contribution in [0.2, 0.25) is 0 Å². The minimum Gasteiger partial charge on any atom is -0.326 e. The molecule has 6 heteroatoms. The lowest BCUT2D eigenvalue weighted by molar-refractivity contribution is -0.115. The van der Waals surface area contributed by atoms with Crippen LogP contribution in [0.4, 0.5) is 14.5 Å². The number of nitrogens with one attached hydrogen (secondary N) is 1. The van der Waals surface area contributed by atoms with Gasteiger partial charge in [0.05, 0.1) is 5.69 Å². The van der Waals surface area contributed by atoms with Crippen LogP contribution in [0.1, 0.15) is 18.4 Å².